The van der Waals surface area contributed by atoms with Crippen molar-refractivity contribution in [3.63, 3.8) is 0 Å². The van der Waals surface area contributed by atoms with E-state index in [1.807, 2.05) is 0 Å². The highest BCUT2D eigenvalue weighted by Crippen LogP contribution is 2.25. The predicted octanol–water partition coefficient (Wildman–Crippen LogP) is 3.97. The molecule has 0 spiro atoms. The number of nitrogens with two attached hydrogens (primary N) is 1. The van der Waals surface area contributed by atoms with E-state index < -0.39 is 0 Å². The van der Waals surface area contributed by atoms with Crippen molar-refractivity contribution in [2.75, 3.05) is 5.32 Å². The minimum Gasteiger partial charge on any atom is -0.389 e. The van der Waals surface area contributed by atoms with Gasteiger partial charge in [-0.25, -0.2) is 4.39 Å². The van der Waals surface area contributed by atoms with Gasteiger partial charge in [-0.2, -0.15) is 0 Å². The third-order valence-corrected chi connectivity index (χ3v) is 3.26. The van der Waals surface area contributed by atoms with Gasteiger partial charge in [0.15, 0.2) is 0 Å². The van der Waals surface area contributed by atoms with Crippen molar-refractivity contribution in [3.8, 4) is 0 Å². The van der Waals surface area contributed by atoms with E-state index in [0.29, 0.717) is 10.7 Å². The number of benzene rings is 2. The highest BCUT2D eigenvalue weighted by molar-refractivity contribution is 9.10. The summed E-state index contributed by atoms with van der Waals surface area (Å²) in [6, 6.07) is 11.9. The molecule has 3 N–H and O–H groups in total. The molecule has 0 aliphatic carbocycles. The van der Waals surface area contributed by atoms with Crippen LogP contribution in [0.2, 0.25) is 0 Å². The van der Waals surface area contributed by atoms with Gasteiger partial charge in [0, 0.05) is 15.7 Å². The quantitative estimate of drug-likeness (QED) is 0.839. The van der Waals surface area contributed by atoms with Crippen LogP contribution in [0.1, 0.15) is 5.56 Å². The Bertz CT molecular complexity index is 601. The molecule has 0 heterocycles. The van der Waals surface area contributed by atoms with Gasteiger partial charge in [-0.1, -0.05) is 24.4 Å². The Morgan fingerprint density at radius 1 is 1.22 bits per heavy atom. The molecule has 0 aliphatic heterocycles. The fraction of sp³-hybridized carbons (Fsp3) is 0. The number of nitrogens with one attached hydrogen (secondary N) is 1. The number of para-hydroxylation sites is 1. The molecule has 2 aromatic rings. The summed E-state index contributed by atoms with van der Waals surface area (Å²) in [6.07, 6.45) is 0. The van der Waals surface area contributed by atoms with Crippen LogP contribution < -0.4 is 11.1 Å². The summed E-state index contributed by atoms with van der Waals surface area (Å²) in [4.78, 5) is 0.319. The van der Waals surface area contributed by atoms with Crippen LogP contribution in [0, 0.1) is 5.82 Å². The smallest absolute Gasteiger partial charge is 0.146 e. The number of rotatable bonds is 3. The van der Waals surface area contributed by atoms with Crippen LogP contribution in [0.3, 0.4) is 0 Å². The molecule has 0 aromatic heterocycles. The lowest BCUT2D eigenvalue weighted by atomic mass is 10.2. The third-order valence-electron chi connectivity index (χ3n) is 2.39. The number of anilines is 2. The molecule has 0 atom stereocenters. The van der Waals surface area contributed by atoms with E-state index in [4.69, 9.17) is 18.0 Å². The Hall–Kier alpha value is -1.46. The minimum atomic E-state index is -0.299. The summed E-state index contributed by atoms with van der Waals surface area (Å²) in [7, 11) is 0. The molecule has 5 heteroatoms. The Labute approximate surface area is 118 Å². The van der Waals surface area contributed by atoms with Gasteiger partial charge in [-0.3, -0.25) is 0 Å². The zero-order chi connectivity index (χ0) is 13.1. The summed E-state index contributed by atoms with van der Waals surface area (Å²) < 4.78 is 14.2. The molecule has 2 rings (SSSR count). The fourth-order valence-corrected chi connectivity index (χ4v) is 2.41. The van der Waals surface area contributed by atoms with Crippen LogP contribution in [0.15, 0.2) is 46.9 Å². The summed E-state index contributed by atoms with van der Waals surface area (Å²) >= 11 is 8.29. The van der Waals surface area contributed by atoms with Crippen LogP contribution in [0.5, 0.6) is 0 Å². The van der Waals surface area contributed by atoms with Gasteiger partial charge in [0.1, 0.15) is 10.8 Å². The van der Waals surface area contributed by atoms with Crippen molar-refractivity contribution in [1.29, 1.82) is 0 Å². The van der Waals surface area contributed by atoms with Crippen molar-refractivity contribution < 1.29 is 4.39 Å². The van der Waals surface area contributed by atoms with Crippen molar-refractivity contribution in [3.05, 3.63) is 58.3 Å². The zero-order valence-corrected chi connectivity index (χ0v) is 11.7. The van der Waals surface area contributed by atoms with Gasteiger partial charge in [0.05, 0.1) is 5.69 Å². The highest BCUT2D eigenvalue weighted by Gasteiger charge is 2.05. The molecule has 0 saturated carbocycles. The molecule has 0 radical (unpaired) electrons. The second-order valence-corrected chi connectivity index (χ2v) is 4.96. The monoisotopic (exact) mass is 324 g/mol. The van der Waals surface area contributed by atoms with E-state index in [2.05, 4.69) is 21.2 Å². The van der Waals surface area contributed by atoms with Crippen molar-refractivity contribution in [2.45, 2.75) is 0 Å². The molecule has 18 heavy (non-hydrogen) atoms. The van der Waals surface area contributed by atoms with Gasteiger partial charge in [0.25, 0.3) is 0 Å². The Morgan fingerprint density at radius 3 is 2.56 bits per heavy atom. The van der Waals surface area contributed by atoms with Crippen LogP contribution in [0.4, 0.5) is 15.8 Å². The lowest BCUT2D eigenvalue weighted by molar-refractivity contribution is 0.632. The molecular formula is C13H10BrFN2S. The molecule has 0 bridgehead atoms. The maximum Gasteiger partial charge on any atom is 0.146 e. The van der Waals surface area contributed by atoms with Crippen LogP contribution in [-0.2, 0) is 0 Å². The SMILES string of the molecule is NC(=S)c1ccc(Nc2ccccc2F)cc1Br. The topological polar surface area (TPSA) is 38.0 Å². The van der Waals surface area contributed by atoms with Gasteiger partial charge in [-0.05, 0) is 46.3 Å². The summed E-state index contributed by atoms with van der Waals surface area (Å²) in [5, 5.41) is 2.99. The lowest BCUT2D eigenvalue weighted by Gasteiger charge is -2.09. The van der Waals surface area contributed by atoms with E-state index >= 15 is 0 Å². The lowest BCUT2D eigenvalue weighted by Crippen LogP contribution is -2.10. The predicted molar refractivity (Wildman–Crippen MR) is 79.7 cm³/mol. The Kier molecular flexibility index (Phi) is 3.93. The summed E-state index contributed by atoms with van der Waals surface area (Å²) in [5.41, 5.74) is 7.50. The van der Waals surface area contributed by atoms with Crippen LogP contribution in [-0.4, -0.2) is 4.99 Å². The minimum absolute atomic E-state index is 0.299. The molecule has 2 aromatic carbocycles. The van der Waals surface area contributed by atoms with Gasteiger partial charge in [0.2, 0.25) is 0 Å². The van der Waals surface area contributed by atoms with E-state index in [1.54, 1.807) is 36.4 Å². The van der Waals surface area contributed by atoms with Gasteiger partial charge in [-0.15, -0.1) is 0 Å². The molecular weight excluding hydrogens is 315 g/mol. The van der Waals surface area contributed by atoms with E-state index in [0.717, 1.165) is 15.7 Å². The maximum absolute atomic E-state index is 13.5. The highest BCUT2D eigenvalue weighted by atomic mass is 79.9. The number of thiocarbonyl (C=S) groups is 1. The average molecular weight is 325 g/mol. The first-order chi connectivity index (χ1) is 8.58. The first-order valence-electron chi connectivity index (χ1n) is 5.19. The molecule has 2 nitrogen and oxygen atoms in total. The largest absolute Gasteiger partial charge is 0.389 e. The second-order valence-electron chi connectivity index (χ2n) is 3.66. The van der Waals surface area contributed by atoms with Crippen molar-refractivity contribution >= 4 is 44.5 Å². The van der Waals surface area contributed by atoms with Crippen LogP contribution >= 0.6 is 28.1 Å². The first-order valence-corrected chi connectivity index (χ1v) is 6.39. The average Bonchev–Trinajstić information content (AvgIpc) is 2.32. The third kappa shape index (κ3) is 2.86. The zero-order valence-electron chi connectivity index (χ0n) is 9.28. The Morgan fingerprint density at radius 2 is 1.94 bits per heavy atom. The molecule has 0 amide bonds. The first kappa shape index (κ1) is 13.0. The van der Waals surface area contributed by atoms with Crippen molar-refractivity contribution in [2.24, 2.45) is 5.73 Å². The normalized spacial score (nSPS) is 10.1. The van der Waals surface area contributed by atoms with E-state index in [9.17, 15) is 4.39 Å². The molecule has 0 saturated heterocycles. The van der Waals surface area contributed by atoms with E-state index in [-0.39, 0.29) is 5.82 Å². The molecule has 0 unspecified atom stereocenters. The summed E-state index contributed by atoms with van der Waals surface area (Å²) in [6.45, 7) is 0. The van der Waals surface area contributed by atoms with Crippen molar-refractivity contribution in [1.82, 2.24) is 0 Å². The second kappa shape index (κ2) is 5.46. The van der Waals surface area contributed by atoms with Crippen LogP contribution in [0.25, 0.3) is 0 Å². The molecule has 92 valence electrons. The molecule has 0 fully saturated rings. The number of hydrogen-bond acceptors (Lipinski definition) is 2. The standard InChI is InChI=1S/C13H10BrFN2S/c14-10-7-8(5-6-9(10)13(16)18)17-12-4-2-1-3-11(12)15/h1-7,17H,(H2,16,18). The van der Waals surface area contributed by atoms with Gasteiger partial charge < -0.3 is 11.1 Å². The number of hydrogen-bond donors (Lipinski definition) is 2. The Balaban J connectivity index is 2.29. The molecule has 0 aliphatic rings. The maximum atomic E-state index is 13.5. The summed E-state index contributed by atoms with van der Waals surface area (Å²) in [5.74, 6) is -0.299. The van der Waals surface area contributed by atoms with E-state index in [1.165, 1.54) is 6.07 Å². The number of halogens is 2. The fourth-order valence-electron chi connectivity index (χ4n) is 1.51. The van der Waals surface area contributed by atoms with Gasteiger partial charge >= 0.3 is 0 Å².